The first-order valence-electron chi connectivity index (χ1n) is 12.9. The molecule has 2 unspecified atom stereocenters. The molecule has 0 saturated carbocycles. The number of fused-ring (bicyclic) bond motifs is 1. The lowest BCUT2D eigenvalue weighted by Gasteiger charge is -2.35. The first kappa shape index (κ1) is 25.5. The highest BCUT2D eigenvalue weighted by atomic mass is 19.4. The third-order valence-corrected chi connectivity index (χ3v) is 7.41. The van der Waals surface area contributed by atoms with E-state index in [1.807, 2.05) is 30.3 Å². The molecule has 4 nitrogen and oxygen atoms in total. The van der Waals surface area contributed by atoms with Gasteiger partial charge in [0.25, 0.3) is 0 Å². The molecule has 0 aliphatic carbocycles. The Labute approximate surface area is 216 Å². The van der Waals surface area contributed by atoms with Crippen molar-refractivity contribution in [3.05, 3.63) is 89.0 Å². The van der Waals surface area contributed by atoms with Crippen molar-refractivity contribution in [2.24, 2.45) is 0 Å². The molecule has 2 aliphatic heterocycles. The number of ether oxygens (including phenoxy) is 3. The maximum Gasteiger partial charge on any atom is 0.416 e. The summed E-state index contributed by atoms with van der Waals surface area (Å²) in [4.78, 5) is 2.44. The van der Waals surface area contributed by atoms with Gasteiger partial charge in [-0.1, -0.05) is 36.8 Å². The third-order valence-electron chi connectivity index (χ3n) is 7.41. The molecule has 3 aromatic carbocycles. The Hall–Kier alpha value is -3.19. The van der Waals surface area contributed by atoms with Gasteiger partial charge in [0.1, 0.15) is 23.9 Å². The van der Waals surface area contributed by atoms with Crippen LogP contribution in [0.4, 0.5) is 13.2 Å². The summed E-state index contributed by atoms with van der Waals surface area (Å²) in [6.45, 7) is 4.20. The fourth-order valence-corrected chi connectivity index (χ4v) is 5.38. The van der Waals surface area contributed by atoms with Gasteiger partial charge in [-0.2, -0.15) is 13.2 Å². The number of hydrogen-bond donors (Lipinski definition) is 0. The van der Waals surface area contributed by atoms with Gasteiger partial charge in [-0.25, -0.2) is 0 Å². The van der Waals surface area contributed by atoms with E-state index in [-0.39, 0.29) is 11.8 Å². The lowest BCUT2D eigenvalue weighted by atomic mass is 9.75. The van der Waals surface area contributed by atoms with Gasteiger partial charge >= 0.3 is 6.18 Å². The smallest absolute Gasteiger partial charge is 0.416 e. The second-order valence-electron chi connectivity index (χ2n) is 9.74. The van der Waals surface area contributed by atoms with Crippen LogP contribution in [0, 0.1) is 0 Å². The number of methoxy groups -OCH3 is 1. The van der Waals surface area contributed by atoms with E-state index >= 15 is 0 Å². The van der Waals surface area contributed by atoms with Crippen molar-refractivity contribution in [3.63, 3.8) is 0 Å². The Balaban J connectivity index is 1.38. The molecule has 37 heavy (non-hydrogen) atoms. The van der Waals surface area contributed by atoms with Crippen LogP contribution in [0.25, 0.3) is 0 Å². The highest BCUT2D eigenvalue weighted by Crippen LogP contribution is 2.47. The molecule has 3 aromatic rings. The summed E-state index contributed by atoms with van der Waals surface area (Å²) in [6.07, 6.45) is -0.539. The lowest BCUT2D eigenvalue weighted by molar-refractivity contribution is -0.137. The van der Waals surface area contributed by atoms with Crippen LogP contribution < -0.4 is 14.2 Å². The van der Waals surface area contributed by atoms with E-state index in [0.717, 1.165) is 60.0 Å². The fourth-order valence-electron chi connectivity index (χ4n) is 5.38. The zero-order chi connectivity index (χ0) is 25.8. The first-order valence-corrected chi connectivity index (χ1v) is 12.9. The minimum atomic E-state index is -4.37. The maximum atomic E-state index is 13.2. The van der Waals surface area contributed by atoms with E-state index in [2.05, 4.69) is 17.0 Å². The Morgan fingerprint density at radius 1 is 0.865 bits per heavy atom. The summed E-state index contributed by atoms with van der Waals surface area (Å²) < 4.78 is 56.9. The molecule has 1 fully saturated rings. The largest absolute Gasteiger partial charge is 0.497 e. The zero-order valence-corrected chi connectivity index (χ0v) is 21.0. The van der Waals surface area contributed by atoms with Gasteiger partial charge in [0.2, 0.25) is 0 Å². The second kappa shape index (κ2) is 11.1. The Bertz CT molecular complexity index is 1170. The van der Waals surface area contributed by atoms with Crippen LogP contribution >= 0.6 is 0 Å². The number of rotatable bonds is 7. The van der Waals surface area contributed by atoms with Gasteiger partial charge in [-0.15, -0.1) is 0 Å². The number of nitrogens with zero attached hydrogens (tertiary/aromatic N) is 1. The molecule has 0 bridgehead atoms. The number of benzene rings is 3. The van der Waals surface area contributed by atoms with E-state index in [1.165, 1.54) is 19.3 Å². The molecule has 196 valence electrons. The van der Waals surface area contributed by atoms with Gasteiger partial charge in [0.05, 0.1) is 19.3 Å². The Morgan fingerprint density at radius 3 is 2.22 bits per heavy atom. The van der Waals surface area contributed by atoms with Gasteiger partial charge in [-0.05, 0) is 67.4 Å². The summed E-state index contributed by atoms with van der Waals surface area (Å²) in [6, 6.07) is 19.2. The highest BCUT2D eigenvalue weighted by molar-refractivity contribution is 5.51. The normalized spacial score (nSPS) is 20.1. The predicted molar refractivity (Wildman–Crippen MR) is 137 cm³/mol. The minimum Gasteiger partial charge on any atom is -0.497 e. The van der Waals surface area contributed by atoms with Crippen molar-refractivity contribution >= 4 is 0 Å². The van der Waals surface area contributed by atoms with E-state index in [4.69, 9.17) is 14.2 Å². The maximum absolute atomic E-state index is 13.2. The third kappa shape index (κ3) is 5.87. The molecule has 0 radical (unpaired) electrons. The molecule has 7 heteroatoms. The second-order valence-corrected chi connectivity index (χ2v) is 9.74. The summed E-state index contributed by atoms with van der Waals surface area (Å²) in [5.74, 6) is 2.01. The number of hydrogen-bond acceptors (Lipinski definition) is 4. The van der Waals surface area contributed by atoms with Gasteiger partial charge in [-0.3, -0.25) is 4.90 Å². The van der Waals surface area contributed by atoms with Crippen LogP contribution in [-0.2, 0) is 6.18 Å². The Morgan fingerprint density at radius 2 is 1.54 bits per heavy atom. The molecule has 0 N–H and O–H groups in total. The van der Waals surface area contributed by atoms with E-state index in [0.29, 0.717) is 19.0 Å². The molecular weight excluding hydrogens is 479 g/mol. The van der Waals surface area contributed by atoms with Crippen LogP contribution in [0.15, 0.2) is 66.7 Å². The summed E-state index contributed by atoms with van der Waals surface area (Å²) in [5, 5.41) is 0. The molecule has 0 amide bonds. The number of piperidine rings is 1. The molecule has 2 aliphatic rings. The van der Waals surface area contributed by atoms with Crippen LogP contribution in [-0.4, -0.2) is 44.9 Å². The molecule has 0 spiro atoms. The van der Waals surface area contributed by atoms with Crippen LogP contribution in [0.3, 0.4) is 0 Å². The number of likely N-dealkylation sites (tertiary alicyclic amines) is 1. The van der Waals surface area contributed by atoms with Crippen LogP contribution in [0.2, 0.25) is 0 Å². The summed E-state index contributed by atoms with van der Waals surface area (Å²) in [7, 11) is 1.61. The molecular formula is C30H32F3NO3. The van der Waals surface area contributed by atoms with Crippen molar-refractivity contribution in [2.75, 3.05) is 40.0 Å². The zero-order valence-electron chi connectivity index (χ0n) is 21.0. The number of halogens is 3. The molecule has 1 saturated heterocycles. The minimum absolute atomic E-state index is 0.0891. The molecule has 2 atom stereocenters. The van der Waals surface area contributed by atoms with Gasteiger partial charge in [0, 0.05) is 30.0 Å². The van der Waals surface area contributed by atoms with Gasteiger partial charge in [0.15, 0.2) is 0 Å². The topological polar surface area (TPSA) is 30.9 Å². The highest BCUT2D eigenvalue weighted by Gasteiger charge is 2.35. The van der Waals surface area contributed by atoms with Crippen LogP contribution in [0.1, 0.15) is 53.4 Å². The van der Waals surface area contributed by atoms with Crippen molar-refractivity contribution in [2.45, 2.75) is 37.3 Å². The SMILES string of the molecule is COc1ccc2c(c1)OCC(c1ccc(C(F)(F)F)cc1)C2c1ccc(OCCN2CCCCC2)cc1. The summed E-state index contributed by atoms with van der Waals surface area (Å²) in [5.41, 5.74) is 2.20. The molecule has 0 aromatic heterocycles. The van der Waals surface area contributed by atoms with Crippen LogP contribution in [0.5, 0.6) is 17.2 Å². The first-order chi connectivity index (χ1) is 17.9. The average Bonchev–Trinajstić information content (AvgIpc) is 2.93. The van der Waals surface area contributed by atoms with Crippen molar-refractivity contribution in [3.8, 4) is 17.2 Å². The molecule has 2 heterocycles. The molecule has 5 rings (SSSR count). The van der Waals surface area contributed by atoms with E-state index in [1.54, 1.807) is 19.2 Å². The Kier molecular flexibility index (Phi) is 7.60. The van der Waals surface area contributed by atoms with Crippen molar-refractivity contribution in [1.29, 1.82) is 0 Å². The number of alkyl halides is 3. The van der Waals surface area contributed by atoms with Crippen molar-refractivity contribution in [1.82, 2.24) is 4.90 Å². The lowest BCUT2D eigenvalue weighted by Crippen LogP contribution is -2.33. The van der Waals surface area contributed by atoms with E-state index < -0.39 is 11.7 Å². The van der Waals surface area contributed by atoms with Gasteiger partial charge < -0.3 is 14.2 Å². The monoisotopic (exact) mass is 511 g/mol. The fraction of sp³-hybridized carbons (Fsp3) is 0.400. The average molecular weight is 512 g/mol. The summed E-state index contributed by atoms with van der Waals surface area (Å²) >= 11 is 0. The van der Waals surface area contributed by atoms with E-state index in [9.17, 15) is 13.2 Å². The standard InChI is InChI=1S/C30H32F3NO3/c1-35-25-13-14-26-28(19-25)37-20-27(21-5-9-23(10-6-21)30(31,32)33)29(26)22-7-11-24(12-8-22)36-18-17-34-15-3-2-4-16-34/h5-14,19,27,29H,2-4,15-18,20H2,1H3. The van der Waals surface area contributed by atoms with Crippen molar-refractivity contribution < 1.29 is 27.4 Å². The predicted octanol–water partition coefficient (Wildman–Crippen LogP) is 6.89. The quantitative estimate of drug-likeness (QED) is 0.346.